The van der Waals surface area contributed by atoms with Crippen molar-refractivity contribution in [2.24, 2.45) is 0 Å². The number of nitrogens with zero attached hydrogens (tertiary/aromatic N) is 2. The fraction of sp³-hybridized carbons (Fsp3) is 0.200. The van der Waals surface area contributed by atoms with Crippen LogP contribution in [-0.2, 0) is 11.3 Å². The molecule has 2 aromatic rings. The maximum atomic E-state index is 12.0. The molecule has 0 aliphatic rings. The van der Waals surface area contributed by atoms with Crippen LogP contribution in [0.1, 0.15) is 15.9 Å². The molecule has 0 unspecified atom stereocenters. The molecule has 2 rings (SSSR count). The number of benzene rings is 1. The number of halogens is 1. The molecule has 104 valence electrons. The van der Waals surface area contributed by atoms with Gasteiger partial charge in [0.2, 0.25) is 0 Å². The molecule has 5 heteroatoms. The molecule has 0 atom stereocenters. The Kier molecular flexibility index (Phi) is 4.58. The molecule has 1 aromatic carbocycles. The third kappa shape index (κ3) is 3.71. The minimum Gasteiger partial charge on any atom is -0.457 e. The van der Waals surface area contributed by atoms with E-state index in [1.165, 1.54) is 0 Å². The lowest BCUT2D eigenvalue weighted by atomic mass is 10.2. The summed E-state index contributed by atoms with van der Waals surface area (Å²) in [7, 11) is 3.84. The molecule has 4 nitrogen and oxygen atoms in total. The summed E-state index contributed by atoms with van der Waals surface area (Å²) < 4.78 is 5.25. The van der Waals surface area contributed by atoms with Gasteiger partial charge in [-0.1, -0.05) is 23.7 Å². The minimum atomic E-state index is -0.358. The third-order valence-electron chi connectivity index (χ3n) is 2.76. The van der Waals surface area contributed by atoms with E-state index in [0.717, 1.165) is 11.3 Å². The van der Waals surface area contributed by atoms with Crippen LogP contribution in [0, 0.1) is 0 Å². The monoisotopic (exact) mass is 290 g/mol. The first kappa shape index (κ1) is 14.3. The lowest BCUT2D eigenvalue weighted by Crippen LogP contribution is -2.11. The predicted molar refractivity (Wildman–Crippen MR) is 79.1 cm³/mol. The molecule has 0 spiro atoms. The van der Waals surface area contributed by atoms with Crippen LogP contribution in [-0.4, -0.2) is 25.0 Å². The van der Waals surface area contributed by atoms with Gasteiger partial charge < -0.3 is 9.64 Å². The van der Waals surface area contributed by atoms with Crippen LogP contribution < -0.4 is 4.90 Å². The highest BCUT2D eigenvalue weighted by molar-refractivity contribution is 6.29. The number of esters is 1. The first-order valence-electron chi connectivity index (χ1n) is 6.11. The third-order valence-corrected chi connectivity index (χ3v) is 2.98. The Bertz CT molecular complexity index is 597. The first-order valence-corrected chi connectivity index (χ1v) is 6.49. The van der Waals surface area contributed by atoms with Crippen molar-refractivity contribution >= 4 is 23.3 Å². The van der Waals surface area contributed by atoms with Crippen LogP contribution in [0.5, 0.6) is 0 Å². The summed E-state index contributed by atoms with van der Waals surface area (Å²) in [5.41, 5.74) is 2.28. The van der Waals surface area contributed by atoms with Crippen LogP contribution >= 0.6 is 11.6 Å². The molecular weight excluding hydrogens is 276 g/mol. The number of anilines is 1. The SMILES string of the molecule is CN(C)c1cccc(C(=O)OCc2ccc(Cl)nc2)c1. The highest BCUT2D eigenvalue weighted by Gasteiger charge is 2.09. The second kappa shape index (κ2) is 6.39. The largest absolute Gasteiger partial charge is 0.457 e. The van der Waals surface area contributed by atoms with E-state index in [2.05, 4.69) is 4.98 Å². The Labute approximate surface area is 123 Å². The molecule has 1 heterocycles. The van der Waals surface area contributed by atoms with E-state index in [9.17, 15) is 4.79 Å². The maximum absolute atomic E-state index is 12.0. The zero-order valence-electron chi connectivity index (χ0n) is 11.3. The van der Waals surface area contributed by atoms with Crippen LogP contribution in [0.25, 0.3) is 0 Å². The zero-order chi connectivity index (χ0) is 14.5. The molecular formula is C15H15ClN2O2. The molecule has 1 aromatic heterocycles. The van der Waals surface area contributed by atoms with Crippen molar-refractivity contribution < 1.29 is 9.53 Å². The second-order valence-electron chi connectivity index (χ2n) is 4.51. The number of carbonyl (C=O) groups is 1. The minimum absolute atomic E-state index is 0.176. The van der Waals surface area contributed by atoms with Gasteiger partial charge in [0.1, 0.15) is 11.8 Å². The van der Waals surface area contributed by atoms with E-state index in [4.69, 9.17) is 16.3 Å². The van der Waals surface area contributed by atoms with E-state index < -0.39 is 0 Å². The highest BCUT2D eigenvalue weighted by Crippen LogP contribution is 2.15. The van der Waals surface area contributed by atoms with Gasteiger partial charge in [-0.05, 0) is 24.3 Å². The van der Waals surface area contributed by atoms with Crippen LogP contribution in [0.4, 0.5) is 5.69 Å². The molecule has 20 heavy (non-hydrogen) atoms. The fourth-order valence-electron chi connectivity index (χ4n) is 1.64. The summed E-state index contributed by atoms with van der Waals surface area (Å²) in [4.78, 5) is 17.8. The highest BCUT2D eigenvalue weighted by atomic mass is 35.5. The van der Waals surface area contributed by atoms with Gasteiger partial charge >= 0.3 is 5.97 Å². The summed E-state index contributed by atoms with van der Waals surface area (Å²) in [6, 6.07) is 10.7. The van der Waals surface area contributed by atoms with Gasteiger partial charge in [0.15, 0.2) is 0 Å². The van der Waals surface area contributed by atoms with E-state index in [1.807, 2.05) is 31.1 Å². The van der Waals surface area contributed by atoms with Crippen LogP contribution in [0.2, 0.25) is 5.15 Å². The standard InChI is InChI=1S/C15H15ClN2O2/c1-18(2)13-5-3-4-12(8-13)15(19)20-10-11-6-7-14(16)17-9-11/h3-9H,10H2,1-2H3. The Morgan fingerprint density at radius 1 is 1.30 bits per heavy atom. The lowest BCUT2D eigenvalue weighted by Gasteiger charge is -2.13. The van der Waals surface area contributed by atoms with Crippen LogP contribution in [0.15, 0.2) is 42.6 Å². The lowest BCUT2D eigenvalue weighted by molar-refractivity contribution is 0.0472. The van der Waals surface area contributed by atoms with E-state index in [0.29, 0.717) is 10.7 Å². The van der Waals surface area contributed by atoms with Crippen LogP contribution in [0.3, 0.4) is 0 Å². The van der Waals surface area contributed by atoms with Crippen molar-refractivity contribution in [2.75, 3.05) is 19.0 Å². The summed E-state index contributed by atoms with van der Waals surface area (Å²) >= 11 is 5.69. The molecule has 0 saturated heterocycles. The number of hydrogen-bond donors (Lipinski definition) is 0. The molecule has 0 aliphatic heterocycles. The van der Waals surface area contributed by atoms with Crippen molar-refractivity contribution in [3.8, 4) is 0 Å². The average Bonchev–Trinajstić information content (AvgIpc) is 2.46. The number of hydrogen-bond acceptors (Lipinski definition) is 4. The van der Waals surface area contributed by atoms with E-state index in [1.54, 1.807) is 30.5 Å². The number of carbonyl (C=O) groups excluding carboxylic acids is 1. The average molecular weight is 291 g/mol. The number of pyridine rings is 1. The van der Waals surface area contributed by atoms with Crippen molar-refractivity contribution in [1.82, 2.24) is 4.98 Å². The van der Waals surface area contributed by atoms with Crippen molar-refractivity contribution in [1.29, 1.82) is 0 Å². The molecule has 0 saturated carbocycles. The Morgan fingerprint density at radius 3 is 2.75 bits per heavy atom. The number of ether oxygens (including phenoxy) is 1. The van der Waals surface area contributed by atoms with E-state index in [-0.39, 0.29) is 12.6 Å². The Hall–Kier alpha value is -2.07. The molecule has 0 amide bonds. The smallest absolute Gasteiger partial charge is 0.338 e. The van der Waals surface area contributed by atoms with Gasteiger partial charge in [-0.15, -0.1) is 0 Å². The number of aromatic nitrogens is 1. The van der Waals surface area contributed by atoms with Gasteiger partial charge in [-0.25, -0.2) is 9.78 Å². The van der Waals surface area contributed by atoms with Gasteiger partial charge in [0, 0.05) is 31.5 Å². The summed E-state index contributed by atoms with van der Waals surface area (Å²) in [5, 5.41) is 0.416. The summed E-state index contributed by atoms with van der Waals surface area (Å²) in [6.07, 6.45) is 1.59. The quantitative estimate of drug-likeness (QED) is 0.641. The first-order chi connectivity index (χ1) is 9.56. The van der Waals surface area contributed by atoms with Gasteiger partial charge in [-0.2, -0.15) is 0 Å². The van der Waals surface area contributed by atoms with Crippen molar-refractivity contribution in [2.45, 2.75) is 6.61 Å². The fourth-order valence-corrected chi connectivity index (χ4v) is 1.75. The van der Waals surface area contributed by atoms with Crippen molar-refractivity contribution in [3.05, 3.63) is 58.9 Å². The maximum Gasteiger partial charge on any atom is 0.338 e. The van der Waals surface area contributed by atoms with E-state index >= 15 is 0 Å². The van der Waals surface area contributed by atoms with Crippen molar-refractivity contribution in [3.63, 3.8) is 0 Å². The Morgan fingerprint density at radius 2 is 2.10 bits per heavy atom. The normalized spacial score (nSPS) is 10.2. The molecule has 0 radical (unpaired) electrons. The summed E-state index contributed by atoms with van der Waals surface area (Å²) in [6.45, 7) is 0.176. The second-order valence-corrected chi connectivity index (χ2v) is 4.90. The Balaban J connectivity index is 2.01. The molecule has 0 fully saturated rings. The molecule has 0 N–H and O–H groups in total. The molecule has 0 bridgehead atoms. The molecule has 0 aliphatic carbocycles. The van der Waals surface area contributed by atoms with Gasteiger partial charge in [0.05, 0.1) is 5.56 Å². The zero-order valence-corrected chi connectivity index (χ0v) is 12.1. The number of rotatable bonds is 4. The van der Waals surface area contributed by atoms with Gasteiger partial charge in [0.25, 0.3) is 0 Å². The predicted octanol–water partition coefficient (Wildman–Crippen LogP) is 3.16. The summed E-state index contributed by atoms with van der Waals surface area (Å²) in [5.74, 6) is -0.358. The van der Waals surface area contributed by atoms with Gasteiger partial charge in [-0.3, -0.25) is 0 Å². The topological polar surface area (TPSA) is 42.4 Å².